The third kappa shape index (κ3) is 3.38. The fourth-order valence-electron chi connectivity index (χ4n) is 1.82. The largest absolute Gasteiger partial charge is 0.444 e. The van der Waals surface area contributed by atoms with Crippen molar-refractivity contribution in [3.05, 3.63) is 0 Å². The highest BCUT2D eigenvalue weighted by atomic mass is 16.6. The Morgan fingerprint density at radius 1 is 1.53 bits per heavy atom. The van der Waals surface area contributed by atoms with E-state index >= 15 is 0 Å². The van der Waals surface area contributed by atoms with E-state index < -0.39 is 11.7 Å². The third-order valence-corrected chi connectivity index (χ3v) is 2.49. The fraction of sp³-hybridized carbons (Fsp3) is 0.909. The highest BCUT2D eigenvalue weighted by molar-refractivity contribution is 5.69. The van der Waals surface area contributed by atoms with Gasteiger partial charge in [0.2, 0.25) is 0 Å². The molecule has 1 aliphatic heterocycles. The quantitative estimate of drug-likeness (QED) is 0.725. The van der Waals surface area contributed by atoms with Crippen molar-refractivity contribution in [1.82, 2.24) is 4.90 Å². The highest BCUT2D eigenvalue weighted by Gasteiger charge is 2.35. The van der Waals surface area contributed by atoms with Crippen molar-refractivity contribution in [3.63, 3.8) is 0 Å². The molecule has 1 aliphatic rings. The second-order valence-electron chi connectivity index (χ2n) is 5.08. The van der Waals surface area contributed by atoms with E-state index in [-0.39, 0.29) is 12.1 Å². The first-order valence-corrected chi connectivity index (χ1v) is 5.51. The van der Waals surface area contributed by atoms with Gasteiger partial charge in [-0.15, -0.1) is 0 Å². The summed E-state index contributed by atoms with van der Waals surface area (Å²) in [6.07, 6.45) is 0.805. The van der Waals surface area contributed by atoms with Gasteiger partial charge in [0.05, 0.1) is 12.6 Å². The Morgan fingerprint density at radius 3 is 2.60 bits per heavy atom. The zero-order chi connectivity index (χ0) is 11.6. The maximum Gasteiger partial charge on any atom is 0.410 e. The molecule has 1 fully saturated rings. The van der Waals surface area contributed by atoms with Crippen molar-refractivity contribution in [2.75, 3.05) is 6.54 Å². The first kappa shape index (κ1) is 12.3. The lowest BCUT2D eigenvalue weighted by Gasteiger charge is -2.27. The Morgan fingerprint density at radius 2 is 2.13 bits per heavy atom. The van der Waals surface area contributed by atoms with Gasteiger partial charge in [-0.1, -0.05) is 6.92 Å². The van der Waals surface area contributed by atoms with Gasteiger partial charge in [0, 0.05) is 6.04 Å². The molecule has 4 nitrogen and oxygen atoms in total. The number of carbonyl (C=O) groups excluding carboxylic acids is 1. The summed E-state index contributed by atoms with van der Waals surface area (Å²) < 4.78 is 5.28. The molecule has 0 spiro atoms. The molecule has 1 amide bonds. The number of rotatable bonds is 1. The molecule has 0 aromatic rings. The molecule has 0 saturated carbocycles. The third-order valence-electron chi connectivity index (χ3n) is 2.49. The lowest BCUT2D eigenvalue weighted by Crippen LogP contribution is -2.39. The predicted molar refractivity (Wildman–Crippen MR) is 57.6 cm³/mol. The van der Waals surface area contributed by atoms with Gasteiger partial charge < -0.3 is 14.7 Å². The smallest absolute Gasteiger partial charge is 0.410 e. The Hall–Kier alpha value is -0.770. The van der Waals surface area contributed by atoms with Crippen LogP contribution < -0.4 is 0 Å². The number of aliphatic hydroxyl groups excluding tert-OH is 1. The molecule has 1 rings (SSSR count). The van der Waals surface area contributed by atoms with Gasteiger partial charge in [-0.05, 0) is 33.6 Å². The number of nitrogens with zero attached hydrogens (tertiary/aromatic N) is 1. The van der Waals surface area contributed by atoms with Crippen molar-refractivity contribution >= 4 is 6.09 Å². The minimum atomic E-state index is -0.469. The maximum absolute atomic E-state index is 11.8. The van der Waals surface area contributed by atoms with E-state index in [1.54, 1.807) is 4.90 Å². The van der Waals surface area contributed by atoms with E-state index in [0.717, 1.165) is 6.42 Å². The molecule has 1 N–H and O–H groups in total. The van der Waals surface area contributed by atoms with Crippen LogP contribution in [0.3, 0.4) is 0 Å². The summed E-state index contributed by atoms with van der Waals surface area (Å²) in [5.74, 6) is 0. The van der Waals surface area contributed by atoms with Crippen LogP contribution in [0.5, 0.6) is 0 Å². The minimum absolute atomic E-state index is 0.120. The second-order valence-corrected chi connectivity index (χ2v) is 5.08. The maximum atomic E-state index is 11.8. The van der Waals surface area contributed by atoms with E-state index in [1.807, 2.05) is 27.7 Å². The van der Waals surface area contributed by atoms with Crippen LogP contribution >= 0.6 is 0 Å². The van der Waals surface area contributed by atoms with Gasteiger partial charge >= 0.3 is 6.09 Å². The summed E-state index contributed by atoms with van der Waals surface area (Å²) >= 11 is 0. The zero-order valence-electron chi connectivity index (χ0n) is 9.99. The normalized spacial score (nSPS) is 26.9. The van der Waals surface area contributed by atoms with Crippen molar-refractivity contribution < 1.29 is 14.6 Å². The molecule has 0 aromatic heterocycles. The molecule has 0 aliphatic carbocycles. The summed E-state index contributed by atoms with van der Waals surface area (Å²) in [5, 5.41) is 9.50. The van der Waals surface area contributed by atoms with Crippen LogP contribution in [-0.2, 0) is 4.74 Å². The molecule has 88 valence electrons. The molecule has 0 bridgehead atoms. The minimum Gasteiger partial charge on any atom is -0.444 e. The number of aliphatic hydroxyl groups is 1. The standard InChI is InChI=1S/C11H21NO3/c1-5-8-6-9(13)7-12(8)10(14)15-11(2,3)4/h8-9,13H,5-7H2,1-4H3/t8-,9+/m0/s1. The van der Waals surface area contributed by atoms with Gasteiger partial charge in [0.1, 0.15) is 5.60 Å². The number of ether oxygens (including phenoxy) is 1. The van der Waals surface area contributed by atoms with E-state index in [4.69, 9.17) is 4.74 Å². The van der Waals surface area contributed by atoms with Crippen molar-refractivity contribution in [2.45, 2.75) is 58.3 Å². The van der Waals surface area contributed by atoms with Gasteiger partial charge in [-0.25, -0.2) is 4.79 Å². The molecular formula is C11H21NO3. The molecule has 1 heterocycles. The molecule has 2 atom stereocenters. The fourth-order valence-corrected chi connectivity index (χ4v) is 1.82. The molecular weight excluding hydrogens is 194 g/mol. The van der Waals surface area contributed by atoms with Gasteiger partial charge in [0.15, 0.2) is 0 Å². The van der Waals surface area contributed by atoms with E-state index in [2.05, 4.69) is 0 Å². The lowest BCUT2D eigenvalue weighted by atomic mass is 10.1. The molecule has 1 saturated heterocycles. The monoisotopic (exact) mass is 215 g/mol. The Balaban J connectivity index is 2.59. The zero-order valence-corrected chi connectivity index (χ0v) is 9.99. The van der Waals surface area contributed by atoms with Crippen molar-refractivity contribution in [3.8, 4) is 0 Å². The first-order valence-electron chi connectivity index (χ1n) is 5.51. The molecule has 0 radical (unpaired) electrons. The van der Waals surface area contributed by atoms with Crippen LogP contribution in [0.4, 0.5) is 4.79 Å². The molecule has 15 heavy (non-hydrogen) atoms. The Labute approximate surface area is 91.2 Å². The van der Waals surface area contributed by atoms with E-state index in [9.17, 15) is 9.90 Å². The van der Waals surface area contributed by atoms with Gasteiger partial charge in [0.25, 0.3) is 0 Å². The topological polar surface area (TPSA) is 49.8 Å². The van der Waals surface area contributed by atoms with Crippen LogP contribution in [0, 0.1) is 0 Å². The summed E-state index contributed by atoms with van der Waals surface area (Å²) in [5.41, 5.74) is -0.469. The van der Waals surface area contributed by atoms with Crippen molar-refractivity contribution in [2.24, 2.45) is 0 Å². The van der Waals surface area contributed by atoms with E-state index in [1.165, 1.54) is 0 Å². The first-order chi connectivity index (χ1) is 6.83. The summed E-state index contributed by atoms with van der Waals surface area (Å²) in [4.78, 5) is 13.4. The van der Waals surface area contributed by atoms with Crippen molar-refractivity contribution in [1.29, 1.82) is 0 Å². The van der Waals surface area contributed by atoms with E-state index in [0.29, 0.717) is 13.0 Å². The lowest BCUT2D eigenvalue weighted by molar-refractivity contribution is 0.0206. The number of carbonyl (C=O) groups is 1. The number of β-amino-alcohol motifs (C(OH)–C–C–N with tert-alkyl or cyclic N) is 1. The summed E-state index contributed by atoms with van der Waals surface area (Å²) in [7, 11) is 0. The predicted octanol–water partition coefficient (Wildman–Crippen LogP) is 1.77. The Bertz CT molecular complexity index is 234. The number of amides is 1. The summed E-state index contributed by atoms with van der Waals surface area (Å²) in [6, 6.07) is 0.120. The van der Waals surface area contributed by atoms with Crippen LogP contribution in [0.2, 0.25) is 0 Å². The molecule has 0 unspecified atom stereocenters. The number of hydrogen-bond acceptors (Lipinski definition) is 3. The van der Waals surface area contributed by atoms with Gasteiger partial charge in [-0.2, -0.15) is 0 Å². The van der Waals surface area contributed by atoms with Crippen LogP contribution in [0.15, 0.2) is 0 Å². The molecule has 4 heteroatoms. The highest BCUT2D eigenvalue weighted by Crippen LogP contribution is 2.22. The van der Waals surface area contributed by atoms with Gasteiger partial charge in [-0.3, -0.25) is 0 Å². The molecule has 0 aromatic carbocycles. The summed E-state index contributed by atoms with van der Waals surface area (Å²) in [6.45, 7) is 7.95. The SMILES string of the molecule is CC[C@H]1C[C@@H](O)CN1C(=O)OC(C)(C)C. The average molecular weight is 215 g/mol. The number of hydrogen-bond donors (Lipinski definition) is 1. The Kier molecular flexibility index (Phi) is 3.60. The second kappa shape index (κ2) is 4.39. The van der Waals surface area contributed by atoms with Crippen LogP contribution in [-0.4, -0.2) is 40.4 Å². The van der Waals surface area contributed by atoms with Crippen LogP contribution in [0.1, 0.15) is 40.5 Å². The average Bonchev–Trinajstić information content (AvgIpc) is 2.43. The number of likely N-dealkylation sites (tertiary alicyclic amines) is 1. The van der Waals surface area contributed by atoms with Crippen LogP contribution in [0.25, 0.3) is 0 Å².